The van der Waals surface area contributed by atoms with Crippen LogP contribution >= 0.6 is 23.2 Å². The van der Waals surface area contributed by atoms with E-state index in [1.807, 2.05) is 36.1 Å². The van der Waals surface area contributed by atoms with Gasteiger partial charge in [-0.3, -0.25) is 4.90 Å². The second-order valence-corrected chi connectivity index (χ2v) is 12.3. The van der Waals surface area contributed by atoms with Crippen molar-refractivity contribution in [3.63, 3.8) is 0 Å². The number of nitrogens with zero attached hydrogens (tertiary/aromatic N) is 2. The van der Waals surface area contributed by atoms with Gasteiger partial charge in [-0.25, -0.2) is 18.0 Å². The standard InChI is InChI=1S/C29H30Cl2N2O8S/c1-19-7-9-21(10-8-19)42(37,38)25-12-11-22(30)26(31)27(25)40-18-20(41-29(36)28(34)35)17-32-13-15-33(16-14-32)23-5-3-4-6-24(23)39-2/h3-12,20H,13-18H2,1-2H3,(H,34,35). The Morgan fingerprint density at radius 2 is 1.64 bits per heavy atom. The predicted molar refractivity (Wildman–Crippen MR) is 158 cm³/mol. The summed E-state index contributed by atoms with van der Waals surface area (Å²) in [7, 11) is -2.46. The zero-order chi connectivity index (χ0) is 30.4. The number of aliphatic carboxylic acids is 1. The number of carbonyl (C=O) groups excluding carboxylic acids is 1. The number of ether oxygens (including phenoxy) is 3. The van der Waals surface area contributed by atoms with Crippen molar-refractivity contribution in [3.8, 4) is 11.5 Å². The normalized spacial score (nSPS) is 14.7. The van der Waals surface area contributed by atoms with E-state index in [9.17, 15) is 18.0 Å². The van der Waals surface area contributed by atoms with E-state index in [1.54, 1.807) is 19.2 Å². The van der Waals surface area contributed by atoms with Gasteiger partial charge in [0.25, 0.3) is 0 Å². The molecule has 4 rings (SSSR count). The fourth-order valence-corrected chi connectivity index (χ4v) is 6.38. The average molecular weight is 638 g/mol. The number of methoxy groups -OCH3 is 1. The topological polar surface area (TPSA) is 123 Å². The maximum Gasteiger partial charge on any atom is 0.417 e. The van der Waals surface area contributed by atoms with E-state index in [-0.39, 0.29) is 38.7 Å². The van der Waals surface area contributed by atoms with Gasteiger partial charge in [0.1, 0.15) is 28.4 Å². The molecule has 1 atom stereocenters. The van der Waals surface area contributed by atoms with Crippen LogP contribution in [0.5, 0.6) is 11.5 Å². The molecule has 0 radical (unpaired) electrons. The van der Waals surface area contributed by atoms with Crippen LogP contribution in [0.25, 0.3) is 0 Å². The number of esters is 1. The Morgan fingerprint density at radius 1 is 0.976 bits per heavy atom. The highest BCUT2D eigenvalue weighted by Crippen LogP contribution is 2.40. The van der Waals surface area contributed by atoms with Gasteiger partial charge in [-0.1, -0.05) is 53.0 Å². The SMILES string of the molecule is COc1ccccc1N1CCN(CC(COc2c(S(=O)(=O)c3ccc(C)cc3)ccc(Cl)c2Cl)OC(=O)C(=O)O)CC1. The van der Waals surface area contributed by atoms with Gasteiger partial charge >= 0.3 is 11.9 Å². The molecule has 3 aromatic carbocycles. The van der Waals surface area contributed by atoms with Crippen molar-refractivity contribution in [1.82, 2.24) is 4.90 Å². The maximum absolute atomic E-state index is 13.5. The predicted octanol–water partition coefficient (Wildman–Crippen LogP) is 4.34. The minimum Gasteiger partial charge on any atom is -0.495 e. The fourth-order valence-electron chi connectivity index (χ4n) is 4.56. The lowest BCUT2D eigenvalue weighted by Crippen LogP contribution is -2.50. The van der Waals surface area contributed by atoms with Gasteiger partial charge in [0.15, 0.2) is 5.75 Å². The molecule has 0 bridgehead atoms. The Morgan fingerprint density at radius 3 is 2.29 bits per heavy atom. The first-order valence-electron chi connectivity index (χ1n) is 13.0. The van der Waals surface area contributed by atoms with E-state index in [1.165, 1.54) is 24.3 Å². The van der Waals surface area contributed by atoms with Crippen molar-refractivity contribution < 1.29 is 37.3 Å². The van der Waals surface area contributed by atoms with Crippen molar-refractivity contribution >= 4 is 50.7 Å². The van der Waals surface area contributed by atoms with E-state index in [4.69, 9.17) is 42.5 Å². The molecule has 1 unspecified atom stereocenters. The number of anilines is 1. The number of para-hydroxylation sites is 2. The summed E-state index contributed by atoms with van der Waals surface area (Å²) in [6.07, 6.45) is -1.06. The summed E-state index contributed by atoms with van der Waals surface area (Å²) < 4.78 is 43.5. The molecule has 1 fully saturated rings. The van der Waals surface area contributed by atoms with Crippen LogP contribution in [-0.2, 0) is 24.2 Å². The molecule has 0 aliphatic carbocycles. The van der Waals surface area contributed by atoms with E-state index < -0.39 is 27.9 Å². The van der Waals surface area contributed by atoms with Crippen LogP contribution < -0.4 is 14.4 Å². The van der Waals surface area contributed by atoms with Crippen LogP contribution in [0.15, 0.2) is 70.5 Å². The number of benzene rings is 3. The number of carbonyl (C=O) groups is 2. The molecular weight excluding hydrogens is 607 g/mol. The average Bonchev–Trinajstić information content (AvgIpc) is 2.98. The maximum atomic E-state index is 13.5. The second kappa shape index (κ2) is 13.6. The molecule has 3 aromatic rings. The number of hydrogen-bond acceptors (Lipinski definition) is 9. The first-order chi connectivity index (χ1) is 20.0. The van der Waals surface area contributed by atoms with Crippen LogP contribution in [0.3, 0.4) is 0 Å². The quantitative estimate of drug-likeness (QED) is 0.254. The zero-order valence-corrected chi connectivity index (χ0v) is 25.3. The van der Waals surface area contributed by atoms with Gasteiger partial charge < -0.3 is 24.2 Å². The van der Waals surface area contributed by atoms with Gasteiger partial charge in [-0.15, -0.1) is 0 Å². The van der Waals surface area contributed by atoms with E-state index >= 15 is 0 Å². The Kier molecular flexibility index (Phi) is 10.2. The van der Waals surface area contributed by atoms with Gasteiger partial charge in [0.05, 0.1) is 22.7 Å². The molecule has 1 heterocycles. The third kappa shape index (κ3) is 7.27. The molecule has 42 heavy (non-hydrogen) atoms. The molecule has 1 aliphatic heterocycles. The van der Waals surface area contributed by atoms with Crippen LogP contribution in [-0.4, -0.2) is 82.9 Å². The van der Waals surface area contributed by atoms with Crippen molar-refractivity contribution in [2.75, 3.05) is 51.3 Å². The molecule has 1 N–H and O–H groups in total. The number of halogens is 2. The minimum absolute atomic E-state index is 0.0260. The molecule has 10 nitrogen and oxygen atoms in total. The fraction of sp³-hybridized carbons (Fsp3) is 0.310. The summed E-state index contributed by atoms with van der Waals surface area (Å²) in [6, 6.07) is 16.6. The Bertz CT molecular complexity index is 1540. The van der Waals surface area contributed by atoms with E-state index in [0.29, 0.717) is 26.2 Å². The zero-order valence-electron chi connectivity index (χ0n) is 23.0. The third-order valence-electron chi connectivity index (χ3n) is 6.76. The lowest BCUT2D eigenvalue weighted by atomic mass is 10.2. The van der Waals surface area contributed by atoms with Crippen LogP contribution in [0.1, 0.15) is 5.56 Å². The molecular formula is C29H30Cl2N2O8S. The highest BCUT2D eigenvalue weighted by molar-refractivity contribution is 7.91. The summed E-state index contributed by atoms with van der Waals surface area (Å²) in [6.45, 7) is 4.02. The van der Waals surface area contributed by atoms with E-state index in [2.05, 4.69) is 4.90 Å². The second-order valence-electron chi connectivity index (χ2n) is 9.61. The molecule has 224 valence electrons. The number of carboxylic acid groups (broad SMARTS) is 1. The van der Waals surface area contributed by atoms with Crippen molar-refractivity contribution in [1.29, 1.82) is 0 Å². The molecule has 1 saturated heterocycles. The number of hydrogen-bond donors (Lipinski definition) is 1. The number of rotatable bonds is 10. The first-order valence-corrected chi connectivity index (χ1v) is 15.2. The van der Waals surface area contributed by atoms with Crippen LogP contribution in [0.2, 0.25) is 10.0 Å². The van der Waals surface area contributed by atoms with Gasteiger partial charge in [0, 0.05) is 32.7 Å². The number of aryl methyl sites for hydroxylation is 1. The highest BCUT2D eigenvalue weighted by atomic mass is 35.5. The third-order valence-corrected chi connectivity index (χ3v) is 9.34. The largest absolute Gasteiger partial charge is 0.495 e. The van der Waals surface area contributed by atoms with Crippen LogP contribution in [0, 0.1) is 6.92 Å². The summed E-state index contributed by atoms with van der Waals surface area (Å²) >= 11 is 12.6. The summed E-state index contributed by atoms with van der Waals surface area (Å²) in [4.78, 5) is 27.2. The Hall–Kier alpha value is -3.51. The number of sulfone groups is 1. The van der Waals surface area contributed by atoms with Crippen molar-refractivity contribution in [2.45, 2.75) is 22.8 Å². The lowest BCUT2D eigenvalue weighted by molar-refractivity contribution is -0.169. The number of carboxylic acids is 1. The lowest BCUT2D eigenvalue weighted by Gasteiger charge is -2.37. The van der Waals surface area contributed by atoms with Crippen molar-refractivity contribution in [3.05, 3.63) is 76.3 Å². The summed E-state index contributed by atoms with van der Waals surface area (Å²) in [5.41, 5.74) is 1.83. The molecule has 0 spiro atoms. The smallest absolute Gasteiger partial charge is 0.417 e. The minimum atomic E-state index is -4.07. The van der Waals surface area contributed by atoms with E-state index in [0.717, 1.165) is 17.0 Å². The molecule has 0 aromatic heterocycles. The molecule has 0 amide bonds. The van der Waals surface area contributed by atoms with Gasteiger partial charge in [0.2, 0.25) is 9.84 Å². The van der Waals surface area contributed by atoms with Crippen LogP contribution in [0.4, 0.5) is 5.69 Å². The van der Waals surface area contributed by atoms with Gasteiger partial charge in [-0.05, 0) is 43.3 Å². The molecule has 0 saturated carbocycles. The first kappa shape index (κ1) is 31.4. The monoisotopic (exact) mass is 636 g/mol. The van der Waals surface area contributed by atoms with Gasteiger partial charge in [-0.2, -0.15) is 0 Å². The number of piperazine rings is 1. The molecule has 13 heteroatoms. The summed E-state index contributed by atoms with van der Waals surface area (Å²) in [5.74, 6) is -2.69. The van der Waals surface area contributed by atoms with Crippen molar-refractivity contribution in [2.24, 2.45) is 0 Å². The highest BCUT2D eigenvalue weighted by Gasteiger charge is 2.29. The summed E-state index contributed by atoms with van der Waals surface area (Å²) in [5, 5.41) is 9.06. The Labute approximate surface area is 254 Å². The Balaban J connectivity index is 1.52. The molecule has 1 aliphatic rings.